The van der Waals surface area contributed by atoms with Crippen LogP contribution in [0.25, 0.3) is 4.85 Å². The number of alkyl halides is 3. The summed E-state index contributed by atoms with van der Waals surface area (Å²) in [7, 11) is 0. The molecule has 4 heterocycles. The van der Waals surface area contributed by atoms with Crippen molar-refractivity contribution in [3.8, 4) is 0 Å². The Morgan fingerprint density at radius 2 is 0.978 bits per heavy atom. The molecule has 236 valence electrons. The second-order valence-electron chi connectivity index (χ2n) is 10.4. The zero-order valence-electron chi connectivity index (χ0n) is 27.5. The third-order valence-corrected chi connectivity index (χ3v) is 5.62. The lowest BCUT2D eigenvalue weighted by Crippen LogP contribution is -2.07. The molecule has 45 heavy (non-hydrogen) atoms. The normalized spacial score (nSPS) is 9.76. The van der Waals surface area contributed by atoms with E-state index in [0.717, 1.165) is 45.8 Å². The summed E-state index contributed by atoms with van der Waals surface area (Å²) in [6.07, 6.45) is -2.50. The fraction of sp³-hybridized carbons (Fsp3) is 0.270. The number of nitrogens with zero attached hydrogens (tertiary/aromatic N) is 5. The van der Waals surface area contributed by atoms with E-state index in [9.17, 15) is 13.2 Å². The molecule has 0 atom stereocenters. The van der Waals surface area contributed by atoms with Crippen LogP contribution in [-0.2, 0) is 6.18 Å². The van der Waals surface area contributed by atoms with Gasteiger partial charge in [0, 0.05) is 40.4 Å². The van der Waals surface area contributed by atoms with Gasteiger partial charge >= 0.3 is 6.18 Å². The average molecular weight is 614 g/mol. The molecular weight excluding hydrogens is 571 g/mol. The fourth-order valence-electron chi connectivity index (χ4n) is 3.81. The van der Waals surface area contributed by atoms with Crippen LogP contribution in [0, 0.1) is 68.9 Å². The Morgan fingerprint density at radius 1 is 0.511 bits per heavy atom. The first-order valence-electron chi connectivity index (χ1n) is 14.3. The first kappa shape index (κ1) is 38.1. The van der Waals surface area contributed by atoms with Crippen molar-refractivity contribution >= 4 is 5.69 Å². The van der Waals surface area contributed by atoms with E-state index in [2.05, 4.69) is 56.8 Å². The smallest absolute Gasteiger partial charge is 0.262 e. The van der Waals surface area contributed by atoms with E-state index < -0.39 is 11.9 Å². The molecule has 5 aromatic rings. The van der Waals surface area contributed by atoms with E-state index in [4.69, 9.17) is 6.57 Å². The molecule has 1 aromatic carbocycles. The van der Waals surface area contributed by atoms with E-state index >= 15 is 0 Å². The van der Waals surface area contributed by atoms with Crippen LogP contribution in [0.4, 0.5) is 18.9 Å². The highest BCUT2D eigenvalue weighted by Crippen LogP contribution is 2.27. The summed E-state index contributed by atoms with van der Waals surface area (Å²) in [5.41, 5.74) is 9.44. The number of hydrogen-bond acceptors (Lipinski definition) is 4. The van der Waals surface area contributed by atoms with Crippen LogP contribution in [-0.4, -0.2) is 19.9 Å². The number of rotatable bonds is 0. The summed E-state index contributed by atoms with van der Waals surface area (Å²) >= 11 is 0. The Labute approximate surface area is 266 Å². The van der Waals surface area contributed by atoms with Crippen molar-refractivity contribution < 1.29 is 13.2 Å². The number of halogens is 3. The maximum atomic E-state index is 11.9. The molecule has 0 saturated carbocycles. The highest BCUT2D eigenvalue weighted by Gasteiger charge is 2.32. The highest BCUT2D eigenvalue weighted by molar-refractivity contribution is 5.46. The van der Waals surface area contributed by atoms with Crippen molar-refractivity contribution in [3.63, 3.8) is 0 Å². The van der Waals surface area contributed by atoms with Crippen LogP contribution in [0.15, 0.2) is 91.1 Å². The van der Waals surface area contributed by atoms with Gasteiger partial charge in [0.2, 0.25) is 0 Å². The molecule has 0 amide bonds. The average Bonchev–Trinajstić information content (AvgIpc) is 2.93. The third kappa shape index (κ3) is 17.7. The van der Waals surface area contributed by atoms with Gasteiger partial charge in [0.1, 0.15) is 5.69 Å². The van der Waals surface area contributed by atoms with Gasteiger partial charge in [-0.15, -0.1) is 0 Å². The van der Waals surface area contributed by atoms with Crippen molar-refractivity contribution in [3.05, 3.63) is 159 Å². The van der Waals surface area contributed by atoms with Crippen molar-refractivity contribution in [1.82, 2.24) is 19.9 Å². The number of hydrogen-bond donors (Lipinski definition) is 0. The predicted octanol–water partition coefficient (Wildman–Crippen LogP) is 10.4. The lowest BCUT2D eigenvalue weighted by Gasteiger charge is -2.04. The minimum atomic E-state index is -4.33. The SMILES string of the molecule is Cc1cc(C)nc(C)c1.Cc1cccc(C(F)(F)F)n1.Cc1cccc(C)n1.Cc1ccnc(C)c1.[C-]#[N+]c1cccc(C)c1. The third-order valence-electron chi connectivity index (χ3n) is 5.62. The quantitative estimate of drug-likeness (QED) is 0.163. The molecule has 0 radical (unpaired) electrons. The molecule has 0 aliphatic carbocycles. The Hall–Kier alpha value is -4.90. The molecule has 0 N–H and O–H groups in total. The van der Waals surface area contributed by atoms with Crippen molar-refractivity contribution in [1.29, 1.82) is 0 Å². The summed E-state index contributed by atoms with van der Waals surface area (Å²) in [6, 6.07) is 25.6. The lowest BCUT2D eigenvalue weighted by atomic mass is 10.2. The first-order valence-corrected chi connectivity index (χ1v) is 14.3. The van der Waals surface area contributed by atoms with E-state index in [1.165, 1.54) is 30.2 Å². The first-order chi connectivity index (χ1) is 21.1. The Balaban J connectivity index is 0.000000283. The molecule has 8 heteroatoms. The van der Waals surface area contributed by atoms with Crippen molar-refractivity contribution in [2.24, 2.45) is 0 Å². The van der Waals surface area contributed by atoms with Crippen LogP contribution in [0.2, 0.25) is 0 Å². The van der Waals surface area contributed by atoms with Gasteiger partial charge in [-0.1, -0.05) is 42.0 Å². The summed E-state index contributed by atoms with van der Waals surface area (Å²) < 4.78 is 35.7. The van der Waals surface area contributed by atoms with Gasteiger partial charge in [0.05, 0.1) is 6.57 Å². The summed E-state index contributed by atoms with van der Waals surface area (Å²) in [5.74, 6) is 0. The van der Waals surface area contributed by atoms with Gasteiger partial charge in [0.15, 0.2) is 5.69 Å². The van der Waals surface area contributed by atoms with Crippen LogP contribution in [0.1, 0.15) is 56.5 Å². The zero-order chi connectivity index (χ0) is 34.0. The molecule has 0 saturated heterocycles. The molecule has 0 spiro atoms. The molecular formula is C37H42F3N5. The second-order valence-corrected chi connectivity index (χ2v) is 10.4. The van der Waals surface area contributed by atoms with Crippen LogP contribution < -0.4 is 0 Å². The molecule has 0 aliphatic heterocycles. The van der Waals surface area contributed by atoms with Gasteiger partial charge in [-0.05, 0) is 122 Å². The van der Waals surface area contributed by atoms with Crippen molar-refractivity contribution in [2.75, 3.05) is 0 Å². The minimum absolute atomic E-state index is 0.375. The standard InChI is InChI=1S/C8H11N.C8H7N.C7H6F3N.2C7H9N/c1-6-4-7(2)9-8(3)5-6;1-7-4-3-5-8(6-7)9-2;1-5-3-2-4-6(11-5)7(8,9)10;1-6-3-4-8-7(2)5-6;1-6-4-3-5-7(2)8-6/h4-5H,1-3H3;3-6H,1H3;2-4H,1H3;2*3-5H,1-2H3. The molecule has 4 aromatic heterocycles. The highest BCUT2D eigenvalue weighted by atomic mass is 19.4. The summed E-state index contributed by atoms with van der Waals surface area (Å²) in [5, 5.41) is 0. The van der Waals surface area contributed by atoms with Gasteiger partial charge in [0.25, 0.3) is 0 Å². The molecule has 5 nitrogen and oxygen atoms in total. The van der Waals surface area contributed by atoms with E-state index in [1.54, 1.807) is 6.07 Å². The van der Waals surface area contributed by atoms with E-state index in [0.29, 0.717) is 5.69 Å². The van der Waals surface area contributed by atoms with Crippen LogP contribution in [0.5, 0.6) is 0 Å². The van der Waals surface area contributed by atoms with E-state index in [-0.39, 0.29) is 0 Å². The summed E-state index contributed by atoms with van der Waals surface area (Å²) in [4.78, 5) is 19.0. The zero-order valence-corrected chi connectivity index (χ0v) is 27.5. The number of aromatic nitrogens is 4. The van der Waals surface area contributed by atoms with Gasteiger partial charge in [-0.3, -0.25) is 15.0 Å². The number of pyridine rings is 4. The monoisotopic (exact) mass is 613 g/mol. The van der Waals surface area contributed by atoms with Crippen LogP contribution >= 0.6 is 0 Å². The van der Waals surface area contributed by atoms with Crippen LogP contribution in [0.3, 0.4) is 0 Å². The Kier molecular flexibility index (Phi) is 16.4. The summed E-state index contributed by atoms with van der Waals surface area (Å²) in [6.45, 7) is 24.3. The van der Waals surface area contributed by atoms with Gasteiger partial charge < -0.3 is 0 Å². The molecule has 0 unspecified atom stereocenters. The molecule has 0 fully saturated rings. The molecule has 0 aliphatic rings. The maximum Gasteiger partial charge on any atom is 0.433 e. The van der Waals surface area contributed by atoms with E-state index in [1.807, 2.05) is 90.2 Å². The topological polar surface area (TPSA) is 55.9 Å². The number of benzene rings is 1. The predicted molar refractivity (Wildman–Crippen MR) is 177 cm³/mol. The minimum Gasteiger partial charge on any atom is -0.262 e. The number of aryl methyl sites for hydroxylation is 9. The Bertz CT molecular complexity index is 1530. The largest absolute Gasteiger partial charge is 0.433 e. The molecule has 5 rings (SSSR count). The molecule has 0 bridgehead atoms. The maximum absolute atomic E-state index is 11.9. The fourth-order valence-corrected chi connectivity index (χ4v) is 3.81. The van der Waals surface area contributed by atoms with Gasteiger partial charge in [-0.25, -0.2) is 9.83 Å². The Morgan fingerprint density at radius 3 is 1.31 bits per heavy atom. The van der Waals surface area contributed by atoms with Crippen molar-refractivity contribution in [2.45, 2.75) is 68.5 Å². The second kappa shape index (κ2) is 19.4. The van der Waals surface area contributed by atoms with Gasteiger partial charge in [-0.2, -0.15) is 13.2 Å². The lowest BCUT2D eigenvalue weighted by molar-refractivity contribution is -0.141.